The van der Waals surface area contributed by atoms with Crippen molar-refractivity contribution in [3.8, 4) is 0 Å². The molecule has 0 unspecified atom stereocenters. The van der Waals surface area contributed by atoms with Crippen LogP contribution < -0.4 is 5.32 Å². The highest BCUT2D eigenvalue weighted by molar-refractivity contribution is 7.89. The monoisotopic (exact) mass is 430 g/mol. The molecule has 30 heavy (non-hydrogen) atoms. The summed E-state index contributed by atoms with van der Waals surface area (Å²) in [6.07, 6.45) is 2.34. The summed E-state index contributed by atoms with van der Waals surface area (Å²) in [7, 11) is -3.51. The van der Waals surface area contributed by atoms with Crippen molar-refractivity contribution < 1.29 is 13.2 Å². The second-order valence-corrected chi connectivity index (χ2v) is 8.89. The molecule has 0 saturated heterocycles. The van der Waals surface area contributed by atoms with Crippen LogP contribution >= 0.6 is 0 Å². The molecule has 0 bridgehead atoms. The predicted molar refractivity (Wildman–Crippen MR) is 114 cm³/mol. The molecule has 3 aromatic rings. The Kier molecular flexibility index (Phi) is 6.47. The van der Waals surface area contributed by atoms with Crippen molar-refractivity contribution >= 4 is 27.3 Å². The molecule has 9 nitrogen and oxygen atoms in total. The van der Waals surface area contributed by atoms with Crippen molar-refractivity contribution in [2.75, 3.05) is 18.4 Å². The maximum atomic E-state index is 12.5. The molecule has 1 amide bonds. The fourth-order valence-corrected chi connectivity index (χ4v) is 4.89. The van der Waals surface area contributed by atoms with Gasteiger partial charge in [0, 0.05) is 30.8 Å². The van der Waals surface area contributed by atoms with E-state index in [1.165, 1.54) is 16.4 Å². The lowest BCUT2D eigenvalue weighted by atomic mass is 10.0. The number of nitrogens with one attached hydrogen (secondary N) is 1. The van der Waals surface area contributed by atoms with Crippen molar-refractivity contribution in [3.63, 3.8) is 0 Å². The summed E-state index contributed by atoms with van der Waals surface area (Å²) < 4.78 is 28.1. The number of carbonyl (C=O) groups excluding carboxylic acids is 1. The Morgan fingerprint density at radius 2 is 1.80 bits per heavy atom. The molecule has 2 heterocycles. The molecular weight excluding hydrogens is 404 g/mol. The summed E-state index contributed by atoms with van der Waals surface area (Å²) in [4.78, 5) is 12.6. The summed E-state index contributed by atoms with van der Waals surface area (Å²) in [5.74, 6) is -0.158. The summed E-state index contributed by atoms with van der Waals surface area (Å²) in [6, 6.07) is 6.24. The second kappa shape index (κ2) is 8.88. The molecule has 0 radical (unpaired) electrons. The molecule has 160 valence electrons. The fraction of sp³-hybridized carbons (Fsp3) is 0.400. The first kappa shape index (κ1) is 21.8. The molecule has 3 rings (SSSR count). The number of anilines is 1. The van der Waals surface area contributed by atoms with Gasteiger partial charge in [0.15, 0.2) is 5.65 Å². The SMILES string of the molecule is CCN(CC)S(=O)(=O)c1ccc(NC(=O)CCc2c(C)nn3cnnc3c2C)cc1. The average molecular weight is 431 g/mol. The van der Waals surface area contributed by atoms with E-state index in [2.05, 4.69) is 20.6 Å². The minimum atomic E-state index is -3.51. The highest BCUT2D eigenvalue weighted by Gasteiger charge is 2.21. The predicted octanol–water partition coefficient (Wildman–Crippen LogP) is 2.34. The van der Waals surface area contributed by atoms with Gasteiger partial charge in [-0.25, -0.2) is 12.9 Å². The van der Waals surface area contributed by atoms with Crippen LogP contribution in [0.3, 0.4) is 0 Å². The molecule has 2 aromatic heterocycles. The quantitative estimate of drug-likeness (QED) is 0.587. The van der Waals surface area contributed by atoms with Gasteiger partial charge < -0.3 is 5.32 Å². The number of fused-ring (bicyclic) bond motifs is 1. The first-order chi connectivity index (χ1) is 14.3. The minimum absolute atomic E-state index is 0.158. The van der Waals surface area contributed by atoms with Gasteiger partial charge in [-0.1, -0.05) is 13.8 Å². The Balaban J connectivity index is 1.66. The number of sulfonamides is 1. The van der Waals surface area contributed by atoms with E-state index in [1.54, 1.807) is 36.8 Å². The van der Waals surface area contributed by atoms with Crippen molar-refractivity contribution in [3.05, 3.63) is 47.4 Å². The smallest absolute Gasteiger partial charge is 0.243 e. The lowest BCUT2D eigenvalue weighted by Gasteiger charge is -2.18. The standard InChI is InChI=1S/C20H26N6O3S/c1-5-25(6-2)30(28,29)17-9-7-16(8-10-17)22-19(27)12-11-18-14(3)20-23-21-13-26(20)24-15(18)4/h7-10,13H,5-6,11-12H2,1-4H3,(H,22,27). The molecule has 1 aromatic carbocycles. The Hall–Kier alpha value is -2.85. The summed E-state index contributed by atoms with van der Waals surface area (Å²) in [5.41, 5.74) is 4.00. The third-order valence-electron chi connectivity index (χ3n) is 5.10. The number of nitrogens with zero attached hydrogens (tertiary/aromatic N) is 5. The van der Waals surface area contributed by atoms with E-state index in [0.717, 1.165) is 16.8 Å². The summed E-state index contributed by atoms with van der Waals surface area (Å²) >= 11 is 0. The lowest BCUT2D eigenvalue weighted by Crippen LogP contribution is -2.30. The zero-order chi connectivity index (χ0) is 21.9. The molecule has 0 spiro atoms. The number of aryl methyl sites for hydroxylation is 2. The highest BCUT2D eigenvalue weighted by atomic mass is 32.2. The largest absolute Gasteiger partial charge is 0.326 e. The van der Waals surface area contributed by atoms with Crippen LogP contribution in [0.15, 0.2) is 35.5 Å². The van der Waals surface area contributed by atoms with Crippen LogP contribution in [0, 0.1) is 13.8 Å². The first-order valence-corrected chi connectivity index (χ1v) is 11.3. The second-order valence-electron chi connectivity index (χ2n) is 6.95. The van der Waals surface area contributed by atoms with Crippen LogP contribution in [0.5, 0.6) is 0 Å². The van der Waals surface area contributed by atoms with Crippen LogP contribution in [0.2, 0.25) is 0 Å². The Bertz CT molecular complexity index is 1150. The molecule has 0 fully saturated rings. The zero-order valence-corrected chi connectivity index (χ0v) is 18.4. The number of hydrogen-bond donors (Lipinski definition) is 1. The number of benzene rings is 1. The van der Waals surface area contributed by atoms with E-state index in [0.29, 0.717) is 30.8 Å². The van der Waals surface area contributed by atoms with E-state index in [1.807, 2.05) is 13.8 Å². The van der Waals surface area contributed by atoms with Crippen LogP contribution in [0.4, 0.5) is 5.69 Å². The van der Waals surface area contributed by atoms with Gasteiger partial charge >= 0.3 is 0 Å². The van der Waals surface area contributed by atoms with E-state index in [9.17, 15) is 13.2 Å². The molecule has 0 aliphatic heterocycles. The molecular formula is C20H26N6O3S. The zero-order valence-electron chi connectivity index (χ0n) is 17.6. The normalized spacial score (nSPS) is 11.9. The number of rotatable bonds is 8. The van der Waals surface area contributed by atoms with Crippen molar-refractivity contribution in [2.24, 2.45) is 0 Å². The van der Waals surface area contributed by atoms with Crippen molar-refractivity contribution in [1.82, 2.24) is 24.1 Å². The molecule has 1 N–H and O–H groups in total. The molecule has 10 heteroatoms. The van der Waals surface area contributed by atoms with Crippen LogP contribution in [0.1, 0.15) is 37.1 Å². The molecule has 0 aliphatic rings. The van der Waals surface area contributed by atoms with Gasteiger partial charge in [0.1, 0.15) is 6.33 Å². The maximum Gasteiger partial charge on any atom is 0.243 e. The fourth-order valence-electron chi connectivity index (χ4n) is 3.43. The van der Waals surface area contributed by atoms with E-state index in [4.69, 9.17) is 0 Å². The van der Waals surface area contributed by atoms with Gasteiger partial charge in [0.25, 0.3) is 0 Å². The van der Waals surface area contributed by atoms with E-state index >= 15 is 0 Å². The van der Waals surface area contributed by atoms with Gasteiger partial charge in [-0.2, -0.15) is 9.40 Å². The van der Waals surface area contributed by atoms with Crippen molar-refractivity contribution in [1.29, 1.82) is 0 Å². The third kappa shape index (κ3) is 4.34. The molecule has 0 aliphatic carbocycles. The lowest BCUT2D eigenvalue weighted by molar-refractivity contribution is -0.116. The number of aromatic nitrogens is 4. The summed E-state index contributed by atoms with van der Waals surface area (Å²) in [6.45, 7) is 8.26. The highest BCUT2D eigenvalue weighted by Crippen LogP contribution is 2.20. The van der Waals surface area contributed by atoms with Gasteiger partial charge in [0.05, 0.1) is 10.6 Å². The van der Waals surface area contributed by atoms with Gasteiger partial charge in [-0.3, -0.25) is 4.79 Å². The number of carbonyl (C=O) groups is 1. The average Bonchev–Trinajstić information content (AvgIpc) is 3.17. The van der Waals surface area contributed by atoms with Crippen LogP contribution in [-0.4, -0.2) is 51.5 Å². The number of amides is 1. The first-order valence-electron chi connectivity index (χ1n) is 9.84. The molecule has 0 saturated carbocycles. The van der Waals surface area contributed by atoms with Crippen LogP contribution in [0.25, 0.3) is 5.65 Å². The van der Waals surface area contributed by atoms with Gasteiger partial charge in [-0.15, -0.1) is 10.2 Å². The topological polar surface area (TPSA) is 110 Å². The Morgan fingerprint density at radius 1 is 1.13 bits per heavy atom. The maximum absolute atomic E-state index is 12.5. The van der Waals surface area contributed by atoms with Crippen LogP contribution in [-0.2, 0) is 21.2 Å². The third-order valence-corrected chi connectivity index (χ3v) is 7.16. The van der Waals surface area contributed by atoms with Crippen molar-refractivity contribution in [2.45, 2.75) is 45.4 Å². The van der Waals surface area contributed by atoms with E-state index in [-0.39, 0.29) is 17.2 Å². The van der Waals surface area contributed by atoms with Gasteiger partial charge in [0.2, 0.25) is 15.9 Å². The molecule has 0 atom stereocenters. The Labute approximate surface area is 176 Å². The Morgan fingerprint density at radius 3 is 2.43 bits per heavy atom. The summed E-state index contributed by atoms with van der Waals surface area (Å²) in [5, 5.41) is 15.2. The van der Waals surface area contributed by atoms with Gasteiger partial charge in [-0.05, 0) is 50.1 Å². The number of hydrogen-bond acceptors (Lipinski definition) is 6. The van der Waals surface area contributed by atoms with E-state index < -0.39 is 10.0 Å². The minimum Gasteiger partial charge on any atom is -0.326 e.